The summed E-state index contributed by atoms with van der Waals surface area (Å²) in [5, 5.41) is 21.5. The molecule has 1 aromatic carbocycles. The molecular formula is C20H22N4O6. The molecule has 0 bridgehead atoms. The summed E-state index contributed by atoms with van der Waals surface area (Å²) in [6.45, 7) is 5.33. The molecule has 2 aliphatic heterocycles. The van der Waals surface area contributed by atoms with Gasteiger partial charge in [-0.3, -0.25) is 10.1 Å². The van der Waals surface area contributed by atoms with Crippen LogP contribution in [-0.4, -0.2) is 43.8 Å². The third-order valence-corrected chi connectivity index (χ3v) is 4.98. The van der Waals surface area contributed by atoms with E-state index in [0.717, 1.165) is 0 Å². The average Bonchev–Trinajstić information content (AvgIpc) is 2.73. The van der Waals surface area contributed by atoms with Crippen molar-refractivity contribution in [2.75, 3.05) is 37.8 Å². The highest BCUT2D eigenvalue weighted by molar-refractivity contribution is 5.92. The van der Waals surface area contributed by atoms with Crippen LogP contribution in [0.1, 0.15) is 25.3 Å². The number of hydrogen-bond acceptors (Lipinski definition) is 9. The van der Waals surface area contributed by atoms with Gasteiger partial charge in [0.25, 0.3) is 5.69 Å². The highest BCUT2D eigenvalue weighted by atomic mass is 16.6. The van der Waals surface area contributed by atoms with Crippen molar-refractivity contribution in [3.05, 3.63) is 56.7 Å². The maximum Gasteiger partial charge on any atom is 0.338 e. The van der Waals surface area contributed by atoms with Gasteiger partial charge in [-0.15, -0.1) is 0 Å². The molecule has 0 saturated carbocycles. The number of nitrogens with zero attached hydrogens (tertiary/aromatic N) is 3. The number of morpholine rings is 1. The summed E-state index contributed by atoms with van der Waals surface area (Å²) >= 11 is 0. The minimum absolute atomic E-state index is 0.00271. The first-order chi connectivity index (χ1) is 14.4. The minimum Gasteiger partial charge on any atom is -0.463 e. The van der Waals surface area contributed by atoms with Gasteiger partial charge in [-0.25, -0.2) is 4.79 Å². The molecule has 10 heteroatoms. The van der Waals surface area contributed by atoms with Crippen LogP contribution in [0.15, 0.2) is 41.0 Å². The van der Waals surface area contributed by atoms with Crippen LogP contribution in [0.5, 0.6) is 0 Å². The van der Waals surface area contributed by atoms with Gasteiger partial charge in [-0.05, 0) is 25.5 Å². The monoisotopic (exact) mass is 414 g/mol. The Morgan fingerprint density at radius 3 is 2.73 bits per heavy atom. The van der Waals surface area contributed by atoms with Crippen molar-refractivity contribution in [3.63, 3.8) is 0 Å². The van der Waals surface area contributed by atoms with Gasteiger partial charge in [-0.2, -0.15) is 5.26 Å². The first kappa shape index (κ1) is 21.1. The molecule has 0 radical (unpaired) electrons. The number of carbonyl (C=O) groups is 1. The first-order valence-electron chi connectivity index (χ1n) is 9.45. The van der Waals surface area contributed by atoms with E-state index in [9.17, 15) is 20.2 Å². The lowest BCUT2D eigenvalue weighted by molar-refractivity contribution is -0.384. The SMILES string of the molecule is CCOC(=O)C1=C(C)OC(N)=C(C#N)C1c1ccc(N2CCOCC2)c([N+](=O)[O-])c1. The summed E-state index contributed by atoms with van der Waals surface area (Å²) in [5.74, 6) is -1.55. The summed E-state index contributed by atoms with van der Waals surface area (Å²) in [5.41, 5.74) is 6.68. The molecule has 1 saturated heterocycles. The molecule has 2 aliphatic rings. The van der Waals surface area contributed by atoms with Gasteiger partial charge in [0.05, 0.1) is 36.2 Å². The van der Waals surface area contributed by atoms with Gasteiger partial charge in [-0.1, -0.05) is 6.07 Å². The molecule has 0 spiro atoms. The molecule has 30 heavy (non-hydrogen) atoms. The van der Waals surface area contributed by atoms with Crippen LogP contribution < -0.4 is 10.6 Å². The molecule has 0 aromatic heterocycles. The van der Waals surface area contributed by atoms with Crippen LogP contribution in [-0.2, 0) is 19.0 Å². The van der Waals surface area contributed by atoms with Crippen LogP contribution in [0.3, 0.4) is 0 Å². The molecule has 3 rings (SSSR count). The fourth-order valence-corrected chi connectivity index (χ4v) is 3.63. The van der Waals surface area contributed by atoms with E-state index in [0.29, 0.717) is 37.6 Å². The number of rotatable bonds is 5. The Labute approximate surface area is 173 Å². The normalized spacial score (nSPS) is 19.2. The van der Waals surface area contributed by atoms with Crippen molar-refractivity contribution in [1.82, 2.24) is 0 Å². The second-order valence-corrected chi connectivity index (χ2v) is 6.72. The molecule has 1 fully saturated rings. The predicted molar refractivity (Wildman–Crippen MR) is 106 cm³/mol. The van der Waals surface area contributed by atoms with E-state index in [4.69, 9.17) is 19.9 Å². The van der Waals surface area contributed by atoms with Gasteiger partial charge in [0, 0.05) is 19.2 Å². The van der Waals surface area contributed by atoms with E-state index in [1.807, 2.05) is 11.0 Å². The van der Waals surface area contributed by atoms with E-state index in [1.54, 1.807) is 19.1 Å². The standard InChI is InChI=1S/C20H22N4O6/c1-3-29-20(25)17-12(2)30-19(22)14(11-21)18(17)13-4-5-15(16(10-13)24(26)27)23-6-8-28-9-7-23/h4-5,10,18H,3,6-9,22H2,1-2H3. The van der Waals surface area contributed by atoms with Gasteiger partial charge >= 0.3 is 5.97 Å². The van der Waals surface area contributed by atoms with Crippen molar-refractivity contribution < 1.29 is 23.9 Å². The fourth-order valence-electron chi connectivity index (χ4n) is 3.63. The van der Waals surface area contributed by atoms with Crippen molar-refractivity contribution in [1.29, 1.82) is 5.26 Å². The lowest BCUT2D eigenvalue weighted by atomic mass is 9.82. The van der Waals surface area contributed by atoms with Crippen molar-refractivity contribution in [3.8, 4) is 6.07 Å². The quantitative estimate of drug-likeness (QED) is 0.435. The van der Waals surface area contributed by atoms with Crippen molar-refractivity contribution in [2.45, 2.75) is 19.8 Å². The average molecular weight is 414 g/mol. The number of hydrogen-bond donors (Lipinski definition) is 1. The smallest absolute Gasteiger partial charge is 0.338 e. The second kappa shape index (κ2) is 8.84. The van der Waals surface area contributed by atoms with Crippen LogP contribution in [0.4, 0.5) is 11.4 Å². The highest BCUT2D eigenvalue weighted by Crippen LogP contribution is 2.42. The zero-order valence-electron chi connectivity index (χ0n) is 16.7. The van der Waals surface area contributed by atoms with Crippen LogP contribution >= 0.6 is 0 Å². The number of esters is 1. The Hall–Kier alpha value is -3.58. The maximum absolute atomic E-state index is 12.6. The zero-order valence-corrected chi connectivity index (χ0v) is 16.7. The number of ether oxygens (including phenoxy) is 3. The Kier molecular flexibility index (Phi) is 6.23. The third kappa shape index (κ3) is 3.92. The van der Waals surface area contributed by atoms with Gasteiger partial charge in [0.1, 0.15) is 23.1 Å². The molecule has 2 heterocycles. The van der Waals surface area contributed by atoms with Gasteiger partial charge in [0.2, 0.25) is 5.88 Å². The summed E-state index contributed by atoms with van der Waals surface area (Å²) in [6, 6.07) is 6.62. The van der Waals surface area contributed by atoms with E-state index in [-0.39, 0.29) is 35.1 Å². The topological polar surface area (TPSA) is 141 Å². The number of anilines is 1. The van der Waals surface area contributed by atoms with Crippen LogP contribution in [0.25, 0.3) is 0 Å². The second-order valence-electron chi connectivity index (χ2n) is 6.72. The molecule has 0 aliphatic carbocycles. The fraction of sp³-hybridized carbons (Fsp3) is 0.400. The van der Waals surface area contributed by atoms with Gasteiger partial charge < -0.3 is 24.8 Å². The molecule has 0 amide bonds. The Balaban J connectivity index is 2.13. The molecule has 1 atom stereocenters. The third-order valence-electron chi connectivity index (χ3n) is 4.98. The summed E-state index contributed by atoms with van der Waals surface area (Å²) in [7, 11) is 0. The van der Waals surface area contributed by atoms with E-state index in [1.165, 1.54) is 13.0 Å². The number of nitriles is 1. The maximum atomic E-state index is 12.6. The largest absolute Gasteiger partial charge is 0.463 e. The molecule has 1 unspecified atom stereocenters. The van der Waals surface area contributed by atoms with Crippen molar-refractivity contribution in [2.24, 2.45) is 5.73 Å². The summed E-state index contributed by atoms with van der Waals surface area (Å²) in [4.78, 5) is 25.8. The highest BCUT2D eigenvalue weighted by Gasteiger charge is 2.37. The lowest BCUT2D eigenvalue weighted by Gasteiger charge is -2.30. The lowest BCUT2D eigenvalue weighted by Crippen LogP contribution is -2.36. The van der Waals surface area contributed by atoms with E-state index in [2.05, 4.69) is 0 Å². The number of nitro benzene ring substituents is 1. The van der Waals surface area contributed by atoms with E-state index < -0.39 is 16.8 Å². The Morgan fingerprint density at radius 2 is 2.13 bits per heavy atom. The number of nitrogens with two attached hydrogens (primary N) is 1. The first-order valence-corrected chi connectivity index (χ1v) is 9.45. The van der Waals surface area contributed by atoms with Crippen molar-refractivity contribution >= 4 is 17.3 Å². The molecule has 158 valence electrons. The summed E-state index contributed by atoms with van der Waals surface area (Å²) in [6.07, 6.45) is 0. The Bertz CT molecular complexity index is 972. The number of nitro groups is 1. The molecule has 2 N–H and O–H groups in total. The number of allylic oxidation sites excluding steroid dienone is 2. The van der Waals surface area contributed by atoms with Gasteiger partial charge in [0.15, 0.2) is 0 Å². The zero-order chi connectivity index (χ0) is 21.8. The number of benzene rings is 1. The van der Waals surface area contributed by atoms with Crippen LogP contribution in [0, 0.1) is 21.4 Å². The molecule has 10 nitrogen and oxygen atoms in total. The minimum atomic E-state index is -0.930. The van der Waals surface area contributed by atoms with E-state index >= 15 is 0 Å². The predicted octanol–water partition coefficient (Wildman–Crippen LogP) is 2.08. The Morgan fingerprint density at radius 1 is 1.43 bits per heavy atom. The number of carbonyl (C=O) groups excluding carboxylic acids is 1. The molecule has 1 aromatic rings. The van der Waals surface area contributed by atoms with Crippen LogP contribution in [0.2, 0.25) is 0 Å². The summed E-state index contributed by atoms with van der Waals surface area (Å²) < 4.78 is 15.8. The molecular weight excluding hydrogens is 392 g/mol.